The SMILES string of the molecule is CS(=O)(=O)Nc1ccc(F)c(N)c1.Cl. The summed E-state index contributed by atoms with van der Waals surface area (Å²) in [6, 6.07) is 3.62. The molecule has 0 heterocycles. The van der Waals surface area contributed by atoms with E-state index in [9.17, 15) is 12.8 Å². The number of nitrogen functional groups attached to an aromatic ring is 1. The maximum atomic E-state index is 12.6. The maximum Gasteiger partial charge on any atom is 0.229 e. The molecule has 4 nitrogen and oxygen atoms in total. The average molecular weight is 241 g/mol. The fraction of sp³-hybridized carbons (Fsp3) is 0.143. The number of halogens is 2. The van der Waals surface area contributed by atoms with Gasteiger partial charge in [-0.1, -0.05) is 0 Å². The molecular weight excluding hydrogens is 231 g/mol. The van der Waals surface area contributed by atoms with Gasteiger partial charge in [0.2, 0.25) is 10.0 Å². The minimum atomic E-state index is -3.33. The van der Waals surface area contributed by atoms with Crippen LogP contribution < -0.4 is 10.5 Å². The highest BCUT2D eigenvalue weighted by Crippen LogP contribution is 2.16. The summed E-state index contributed by atoms with van der Waals surface area (Å²) in [7, 11) is -3.33. The van der Waals surface area contributed by atoms with Crippen molar-refractivity contribution in [2.45, 2.75) is 0 Å². The Kier molecular flexibility index (Phi) is 4.15. The van der Waals surface area contributed by atoms with Gasteiger partial charge in [0.05, 0.1) is 17.6 Å². The van der Waals surface area contributed by atoms with E-state index in [2.05, 4.69) is 4.72 Å². The van der Waals surface area contributed by atoms with E-state index in [1.54, 1.807) is 0 Å². The predicted molar refractivity (Wildman–Crippen MR) is 56.5 cm³/mol. The third-order valence-electron chi connectivity index (χ3n) is 1.30. The zero-order valence-electron chi connectivity index (χ0n) is 7.32. The van der Waals surface area contributed by atoms with Crippen LogP contribution in [0.1, 0.15) is 0 Å². The summed E-state index contributed by atoms with van der Waals surface area (Å²) < 4.78 is 36.3. The lowest BCUT2D eigenvalue weighted by Crippen LogP contribution is -2.09. The van der Waals surface area contributed by atoms with Crippen molar-refractivity contribution in [3.05, 3.63) is 24.0 Å². The Labute approximate surface area is 87.8 Å². The van der Waals surface area contributed by atoms with Gasteiger partial charge in [-0.3, -0.25) is 4.72 Å². The smallest absolute Gasteiger partial charge is 0.229 e. The molecule has 7 heteroatoms. The van der Waals surface area contributed by atoms with Crippen molar-refractivity contribution in [2.24, 2.45) is 0 Å². The molecule has 0 aliphatic rings. The summed E-state index contributed by atoms with van der Waals surface area (Å²) >= 11 is 0. The first kappa shape index (κ1) is 13.0. The van der Waals surface area contributed by atoms with Crippen molar-refractivity contribution in [2.75, 3.05) is 16.7 Å². The Bertz CT molecular complexity index is 422. The third-order valence-corrected chi connectivity index (χ3v) is 1.91. The molecule has 1 aromatic carbocycles. The summed E-state index contributed by atoms with van der Waals surface area (Å²) in [6.45, 7) is 0. The van der Waals surface area contributed by atoms with Crippen molar-refractivity contribution >= 4 is 33.8 Å². The van der Waals surface area contributed by atoms with Gasteiger partial charge in [0.15, 0.2) is 0 Å². The van der Waals surface area contributed by atoms with Crippen LogP contribution in [0, 0.1) is 5.82 Å². The fourth-order valence-electron chi connectivity index (χ4n) is 0.821. The lowest BCUT2D eigenvalue weighted by atomic mass is 10.3. The van der Waals surface area contributed by atoms with E-state index in [1.165, 1.54) is 12.1 Å². The van der Waals surface area contributed by atoms with Gasteiger partial charge in [-0.05, 0) is 18.2 Å². The predicted octanol–water partition coefficient (Wildman–Crippen LogP) is 1.20. The van der Waals surface area contributed by atoms with E-state index in [-0.39, 0.29) is 23.8 Å². The van der Waals surface area contributed by atoms with Crippen molar-refractivity contribution in [3.8, 4) is 0 Å². The van der Waals surface area contributed by atoms with E-state index >= 15 is 0 Å². The molecule has 14 heavy (non-hydrogen) atoms. The van der Waals surface area contributed by atoms with Crippen LogP contribution in [0.15, 0.2) is 18.2 Å². The molecule has 0 saturated heterocycles. The van der Waals surface area contributed by atoms with Crippen LogP contribution >= 0.6 is 12.4 Å². The molecule has 0 atom stereocenters. The van der Waals surface area contributed by atoms with Crippen LogP contribution in [0.25, 0.3) is 0 Å². The van der Waals surface area contributed by atoms with Crippen LogP contribution in [0.2, 0.25) is 0 Å². The number of rotatable bonds is 2. The van der Waals surface area contributed by atoms with Crippen molar-refractivity contribution < 1.29 is 12.8 Å². The monoisotopic (exact) mass is 240 g/mol. The zero-order chi connectivity index (χ0) is 10.1. The topological polar surface area (TPSA) is 72.2 Å². The Hall–Kier alpha value is -1.01. The Morgan fingerprint density at radius 1 is 1.43 bits per heavy atom. The number of sulfonamides is 1. The van der Waals surface area contributed by atoms with Gasteiger partial charge >= 0.3 is 0 Å². The van der Waals surface area contributed by atoms with Crippen LogP contribution in [0.5, 0.6) is 0 Å². The first-order valence-corrected chi connectivity index (χ1v) is 5.30. The largest absolute Gasteiger partial charge is 0.396 e. The van der Waals surface area contributed by atoms with Gasteiger partial charge in [-0.25, -0.2) is 12.8 Å². The zero-order valence-corrected chi connectivity index (χ0v) is 8.95. The quantitative estimate of drug-likeness (QED) is 0.763. The lowest BCUT2D eigenvalue weighted by Gasteiger charge is -2.04. The second-order valence-electron chi connectivity index (χ2n) is 2.61. The lowest BCUT2D eigenvalue weighted by molar-refractivity contribution is 0.606. The van der Waals surface area contributed by atoms with Crippen LogP contribution in [-0.4, -0.2) is 14.7 Å². The molecular formula is C7H10ClFN2O2S. The highest BCUT2D eigenvalue weighted by molar-refractivity contribution is 7.92. The summed E-state index contributed by atoms with van der Waals surface area (Å²) in [6.07, 6.45) is 1.01. The molecule has 3 N–H and O–H groups in total. The number of hydrogen-bond acceptors (Lipinski definition) is 3. The molecule has 0 unspecified atom stereocenters. The summed E-state index contributed by atoms with van der Waals surface area (Å²) in [4.78, 5) is 0. The number of nitrogens with one attached hydrogen (secondary N) is 1. The average Bonchev–Trinajstić information content (AvgIpc) is 1.94. The van der Waals surface area contributed by atoms with Crippen molar-refractivity contribution in [1.29, 1.82) is 0 Å². The molecule has 0 aromatic heterocycles. The van der Waals surface area contributed by atoms with Crippen LogP contribution in [0.3, 0.4) is 0 Å². The van der Waals surface area contributed by atoms with E-state index in [1.807, 2.05) is 0 Å². The number of nitrogens with two attached hydrogens (primary N) is 1. The van der Waals surface area contributed by atoms with E-state index in [4.69, 9.17) is 5.73 Å². The molecule has 0 bridgehead atoms. The van der Waals surface area contributed by atoms with E-state index in [0.717, 1.165) is 12.3 Å². The Balaban J connectivity index is 0.00000169. The standard InChI is InChI=1S/C7H9FN2O2S.ClH/c1-13(11,12)10-5-2-3-6(8)7(9)4-5;/h2-4,10H,9H2,1H3;1H. The Morgan fingerprint density at radius 2 is 2.00 bits per heavy atom. The summed E-state index contributed by atoms with van der Waals surface area (Å²) in [5, 5.41) is 0. The number of hydrogen-bond donors (Lipinski definition) is 2. The second-order valence-corrected chi connectivity index (χ2v) is 4.36. The molecule has 0 aliphatic heterocycles. The molecule has 0 saturated carbocycles. The summed E-state index contributed by atoms with van der Waals surface area (Å²) in [5.74, 6) is -0.570. The molecule has 1 rings (SSSR count). The molecule has 0 radical (unpaired) electrons. The van der Waals surface area contributed by atoms with Gasteiger partial charge in [0.25, 0.3) is 0 Å². The third kappa shape index (κ3) is 3.80. The minimum Gasteiger partial charge on any atom is -0.396 e. The molecule has 0 amide bonds. The molecule has 0 fully saturated rings. The second kappa shape index (κ2) is 4.47. The van der Waals surface area contributed by atoms with Crippen molar-refractivity contribution in [1.82, 2.24) is 0 Å². The van der Waals surface area contributed by atoms with Crippen molar-refractivity contribution in [3.63, 3.8) is 0 Å². The van der Waals surface area contributed by atoms with Crippen LogP contribution in [-0.2, 0) is 10.0 Å². The minimum absolute atomic E-state index is 0. The normalized spacial score (nSPS) is 10.4. The van der Waals surface area contributed by atoms with E-state index < -0.39 is 15.8 Å². The van der Waals surface area contributed by atoms with Gasteiger partial charge in [0.1, 0.15) is 5.82 Å². The molecule has 1 aromatic rings. The first-order valence-electron chi connectivity index (χ1n) is 3.41. The highest BCUT2D eigenvalue weighted by atomic mass is 35.5. The first-order chi connectivity index (χ1) is 5.88. The molecule has 0 spiro atoms. The fourth-order valence-corrected chi connectivity index (χ4v) is 1.38. The maximum absolute atomic E-state index is 12.6. The molecule has 80 valence electrons. The molecule has 0 aliphatic carbocycles. The Morgan fingerprint density at radius 3 is 2.43 bits per heavy atom. The number of anilines is 2. The van der Waals surface area contributed by atoms with Gasteiger partial charge in [0, 0.05) is 0 Å². The highest BCUT2D eigenvalue weighted by Gasteiger charge is 2.03. The van der Waals surface area contributed by atoms with Crippen LogP contribution in [0.4, 0.5) is 15.8 Å². The van der Waals surface area contributed by atoms with E-state index in [0.29, 0.717) is 0 Å². The van der Waals surface area contributed by atoms with Gasteiger partial charge in [-0.2, -0.15) is 0 Å². The van der Waals surface area contributed by atoms with Gasteiger partial charge in [-0.15, -0.1) is 12.4 Å². The summed E-state index contributed by atoms with van der Waals surface area (Å²) in [5.41, 5.74) is 5.39. The number of benzene rings is 1. The van der Waals surface area contributed by atoms with Gasteiger partial charge < -0.3 is 5.73 Å².